The number of hydrogen-bond donors (Lipinski definition) is 2. The van der Waals surface area contributed by atoms with E-state index in [1.165, 1.54) is 12.4 Å². The normalized spacial score (nSPS) is 10.4. The zero-order valence-corrected chi connectivity index (χ0v) is 15.3. The molecule has 0 saturated heterocycles. The molecule has 0 radical (unpaired) electrons. The van der Waals surface area contributed by atoms with Crippen molar-refractivity contribution in [2.45, 2.75) is 6.42 Å². The van der Waals surface area contributed by atoms with Crippen LogP contribution in [0.2, 0.25) is 10.0 Å². The molecule has 1 aromatic heterocycles. The first-order chi connectivity index (χ1) is 12.6. The monoisotopic (exact) mass is 386 g/mol. The van der Waals surface area contributed by atoms with Gasteiger partial charge in [0.1, 0.15) is 0 Å². The SMILES string of the molecule is O=C(NCCc1cccc(Cl)c1)c1cnc(Nc2cccc(Cl)c2)nc1. The van der Waals surface area contributed by atoms with E-state index in [1.807, 2.05) is 36.4 Å². The molecule has 0 unspecified atom stereocenters. The molecule has 0 spiro atoms. The first-order valence-electron chi connectivity index (χ1n) is 7.97. The molecule has 2 aromatic carbocycles. The van der Waals surface area contributed by atoms with Crippen LogP contribution in [0.15, 0.2) is 60.9 Å². The zero-order valence-electron chi connectivity index (χ0n) is 13.7. The second-order valence-electron chi connectivity index (χ2n) is 5.57. The third kappa shape index (κ3) is 5.18. The summed E-state index contributed by atoms with van der Waals surface area (Å²) >= 11 is 11.9. The van der Waals surface area contributed by atoms with E-state index < -0.39 is 0 Å². The highest BCUT2D eigenvalue weighted by Crippen LogP contribution is 2.17. The number of anilines is 2. The van der Waals surface area contributed by atoms with Crippen molar-refractivity contribution in [2.24, 2.45) is 0 Å². The number of nitrogens with zero attached hydrogens (tertiary/aromatic N) is 2. The van der Waals surface area contributed by atoms with Gasteiger partial charge >= 0.3 is 0 Å². The van der Waals surface area contributed by atoms with Gasteiger partial charge in [-0.1, -0.05) is 41.4 Å². The smallest absolute Gasteiger partial charge is 0.254 e. The highest BCUT2D eigenvalue weighted by atomic mass is 35.5. The minimum atomic E-state index is -0.221. The topological polar surface area (TPSA) is 66.9 Å². The number of carbonyl (C=O) groups excluding carboxylic acids is 1. The fourth-order valence-corrected chi connectivity index (χ4v) is 2.72. The van der Waals surface area contributed by atoms with Gasteiger partial charge in [0.05, 0.1) is 5.56 Å². The lowest BCUT2D eigenvalue weighted by molar-refractivity contribution is 0.0953. The van der Waals surface area contributed by atoms with E-state index in [9.17, 15) is 4.79 Å². The second kappa shape index (κ2) is 8.65. The molecule has 0 bridgehead atoms. The molecule has 7 heteroatoms. The van der Waals surface area contributed by atoms with Crippen LogP contribution in [-0.4, -0.2) is 22.4 Å². The van der Waals surface area contributed by atoms with Crippen LogP contribution < -0.4 is 10.6 Å². The summed E-state index contributed by atoms with van der Waals surface area (Å²) in [5, 5.41) is 7.18. The largest absolute Gasteiger partial charge is 0.352 e. The number of aromatic nitrogens is 2. The van der Waals surface area contributed by atoms with E-state index in [-0.39, 0.29) is 5.91 Å². The zero-order chi connectivity index (χ0) is 18.4. The van der Waals surface area contributed by atoms with Crippen LogP contribution in [0.25, 0.3) is 0 Å². The maximum Gasteiger partial charge on any atom is 0.254 e. The highest BCUT2D eigenvalue weighted by molar-refractivity contribution is 6.31. The third-order valence-electron chi connectivity index (χ3n) is 3.58. The predicted octanol–water partition coefficient (Wildman–Crippen LogP) is 4.50. The van der Waals surface area contributed by atoms with Gasteiger partial charge in [-0.3, -0.25) is 4.79 Å². The lowest BCUT2D eigenvalue weighted by Crippen LogP contribution is -2.26. The first kappa shape index (κ1) is 18.2. The molecule has 1 amide bonds. The van der Waals surface area contributed by atoms with Gasteiger partial charge in [-0.25, -0.2) is 9.97 Å². The van der Waals surface area contributed by atoms with E-state index in [2.05, 4.69) is 20.6 Å². The van der Waals surface area contributed by atoms with Crippen molar-refractivity contribution in [1.82, 2.24) is 15.3 Å². The predicted molar refractivity (Wildman–Crippen MR) is 104 cm³/mol. The van der Waals surface area contributed by atoms with Crippen LogP contribution in [0.5, 0.6) is 0 Å². The molecule has 5 nitrogen and oxygen atoms in total. The molecule has 0 aliphatic heterocycles. The van der Waals surface area contributed by atoms with Crippen LogP contribution in [0.4, 0.5) is 11.6 Å². The Hall–Kier alpha value is -2.63. The molecular weight excluding hydrogens is 371 g/mol. The van der Waals surface area contributed by atoms with Crippen molar-refractivity contribution in [3.63, 3.8) is 0 Å². The van der Waals surface area contributed by atoms with Crippen LogP contribution in [0.3, 0.4) is 0 Å². The van der Waals surface area contributed by atoms with Crippen molar-refractivity contribution in [1.29, 1.82) is 0 Å². The van der Waals surface area contributed by atoms with Crippen molar-refractivity contribution >= 4 is 40.7 Å². The molecule has 2 N–H and O–H groups in total. The highest BCUT2D eigenvalue weighted by Gasteiger charge is 2.07. The number of hydrogen-bond acceptors (Lipinski definition) is 4. The van der Waals surface area contributed by atoms with Gasteiger partial charge in [-0.05, 0) is 42.3 Å². The Balaban J connectivity index is 1.53. The summed E-state index contributed by atoms with van der Waals surface area (Å²) < 4.78 is 0. The molecule has 132 valence electrons. The van der Waals surface area contributed by atoms with Gasteiger partial charge in [-0.2, -0.15) is 0 Å². The number of amides is 1. The quantitative estimate of drug-likeness (QED) is 0.654. The van der Waals surface area contributed by atoms with Gasteiger partial charge in [0.15, 0.2) is 0 Å². The summed E-state index contributed by atoms with van der Waals surface area (Å²) in [5.41, 5.74) is 2.24. The summed E-state index contributed by atoms with van der Waals surface area (Å²) in [6, 6.07) is 14.8. The minimum Gasteiger partial charge on any atom is -0.352 e. The number of benzene rings is 2. The molecule has 26 heavy (non-hydrogen) atoms. The summed E-state index contributed by atoms with van der Waals surface area (Å²) in [4.78, 5) is 20.5. The van der Waals surface area contributed by atoms with E-state index in [0.29, 0.717) is 34.5 Å². The molecule has 0 fully saturated rings. The molecule has 0 atom stereocenters. The summed E-state index contributed by atoms with van der Waals surface area (Å²) in [5.74, 6) is 0.170. The third-order valence-corrected chi connectivity index (χ3v) is 4.05. The van der Waals surface area contributed by atoms with Gasteiger partial charge in [0, 0.05) is 34.7 Å². The molecule has 0 saturated carbocycles. The van der Waals surface area contributed by atoms with Crippen LogP contribution in [0, 0.1) is 0 Å². The standard InChI is InChI=1S/C19H16Cl2N4O/c20-15-4-1-3-13(9-15)7-8-22-18(26)14-11-23-19(24-12-14)25-17-6-2-5-16(21)10-17/h1-6,9-12H,7-8H2,(H,22,26)(H,23,24,25). The summed E-state index contributed by atoms with van der Waals surface area (Å²) in [6.07, 6.45) is 3.66. The molecule has 0 aliphatic carbocycles. The van der Waals surface area contributed by atoms with Gasteiger partial charge in [0.25, 0.3) is 5.91 Å². The fourth-order valence-electron chi connectivity index (χ4n) is 2.32. The number of rotatable bonds is 6. The Morgan fingerprint density at radius 3 is 2.35 bits per heavy atom. The number of halogens is 2. The van der Waals surface area contributed by atoms with Crippen molar-refractivity contribution in [2.75, 3.05) is 11.9 Å². The fraction of sp³-hybridized carbons (Fsp3) is 0.105. The average Bonchev–Trinajstić information content (AvgIpc) is 2.62. The first-order valence-corrected chi connectivity index (χ1v) is 8.73. The van der Waals surface area contributed by atoms with Crippen LogP contribution in [0.1, 0.15) is 15.9 Å². The molecule has 3 aromatic rings. The van der Waals surface area contributed by atoms with Gasteiger partial charge in [0.2, 0.25) is 5.95 Å². The van der Waals surface area contributed by atoms with E-state index in [1.54, 1.807) is 12.1 Å². The summed E-state index contributed by atoms with van der Waals surface area (Å²) in [6.45, 7) is 0.502. The lowest BCUT2D eigenvalue weighted by Gasteiger charge is -2.07. The van der Waals surface area contributed by atoms with Crippen LogP contribution in [-0.2, 0) is 6.42 Å². The Morgan fingerprint density at radius 2 is 1.65 bits per heavy atom. The number of carbonyl (C=O) groups is 1. The van der Waals surface area contributed by atoms with Gasteiger partial charge < -0.3 is 10.6 Å². The van der Waals surface area contributed by atoms with Gasteiger partial charge in [-0.15, -0.1) is 0 Å². The number of nitrogens with one attached hydrogen (secondary N) is 2. The van der Waals surface area contributed by atoms with Crippen molar-refractivity contribution in [3.05, 3.63) is 82.1 Å². The molecule has 0 aliphatic rings. The van der Waals surface area contributed by atoms with Crippen molar-refractivity contribution in [3.8, 4) is 0 Å². The lowest BCUT2D eigenvalue weighted by atomic mass is 10.1. The average molecular weight is 387 g/mol. The van der Waals surface area contributed by atoms with E-state index >= 15 is 0 Å². The maximum atomic E-state index is 12.2. The van der Waals surface area contributed by atoms with E-state index in [4.69, 9.17) is 23.2 Å². The maximum absolute atomic E-state index is 12.2. The second-order valence-corrected chi connectivity index (χ2v) is 6.44. The Bertz CT molecular complexity index is 900. The van der Waals surface area contributed by atoms with Crippen molar-refractivity contribution < 1.29 is 4.79 Å². The summed E-state index contributed by atoms with van der Waals surface area (Å²) in [7, 11) is 0. The molecule has 3 rings (SSSR count). The Labute approximate surface area is 161 Å². The van der Waals surface area contributed by atoms with E-state index in [0.717, 1.165) is 11.3 Å². The molecule has 1 heterocycles. The minimum absolute atomic E-state index is 0.221. The Morgan fingerprint density at radius 1 is 0.962 bits per heavy atom. The Kier molecular flexibility index (Phi) is 6.04. The molecular formula is C19H16Cl2N4O. The van der Waals surface area contributed by atoms with Crippen LogP contribution >= 0.6 is 23.2 Å².